The van der Waals surface area contributed by atoms with Gasteiger partial charge in [0.1, 0.15) is 11.5 Å². The molecular formula is C20H20O4. The van der Waals surface area contributed by atoms with Crippen LogP contribution in [0.3, 0.4) is 0 Å². The second kappa shape index (κ2) is 11.3. The Morgan fingerprint density at radius 2 is 0.958 bits per heavy atom. The molecule has 0 saturated heterocycles. The van der Waals surface area contributed by atoms with Gasteiger partial charge in [-0.05, 0) is 29.8 Å². The monoisotopic (exact) mass is 324 g/mol. The molecule has 3 rings (SSSR count). The molecule has 0 fully saturated rings. The molecule has 0 saturated carbocycles. The van der Waals surface area contributed by atoms with E-state index < -0.39 is 5.97 Å². The first-order chi connectivity index (χ1) is 11.6. The van der Waals surface area contributed by atoms with Gasteiger partial charge in [-0.3, -0.25) is 4.79 Å². The number of hydrogen-bond acceptors (Lipinski definition) is 3. The molecule has 0 radical (unpaired) electrons. The highest BCUT2D eigenvalue weighted by Crippen LogP contribution is 2.03. The summed E-state index contributed by atoms with van der Waals surface area (Å²) in [5.41, 5.74) is 0.843. The van der Waals surface area contributed by atoms with E-state index in [-0.39, 0.29) is 6.42 Å². The maximum Gasteiger partial charge on any atom is 0.307 e. The number of aromatic hydroxyl groups is 2. The average Bonchev–Trinajstić information content (AvgIpc) is 2.58. The number of hydrogen-bond donors (Lipinski definition) is 3. The molecule has 0 aliphatic carbocycles. The molecule has 4 nitrogen and oxygen atoms in total. The molecule has 0 unspecified atom stereocenters. The van der Waals surface area contributed by atoms with E-state index in [2.05, 4.69) is 0 Å². The number of aliphatic carboxylic acids is 1. The summed E-state index contributed by atoms with van der Waals surface area (Å²) in [4.78, 5) is 10.2. The van der Waals surface area contributed by atoms with E-state index >= 15 is 0 Å². The molecule has 0 aliphatic heterocycles. The van der Waals surface area contributed by atoms with Crippen molar-refractivity contribution in [3.63, 3.8) is 0 Å². The van der Waals surface area contributed by atoms with E-state index in [9.17, 15) is 4.79 Å². The Labute approximate surface area is 141 Å². The summed E-state index contributed by atoms with van der Waals surface area (Å²) < 4.78 is 0. The van der Waals surface area contributed by atoms with Gasteiger partial charge < -0.3 is 15.3 Å². The fourth-order valence-corrected chi connectivity index (χ4v) is 1.63. The maximum atomic E-state index is 10.2. The average molecular weight is 324 g/mol. The van der Waals surface area contributed by atoms with Crippen molar-refractivity contribution in [1.29, 1.82) is 0 Å². The summed E-state index contributed by atoms with van der Waals surface area (Å²) in [6, 6.07) is 26.6. The third-order valence-corrected chi connectivity index (χ3v) is 2.71. The second-order valence-electron chi connectivity index (χ2n) is 4.73. The van der Waals surface area contributed by atoms with Gasteiger partial charge in [-0.25, -0.2) is 0 Å². The minimum atomic E-state index is -0.786. The molecule has 3 N–H and O–H groups in total. The highest BCUT2D eigenvalue weighted by molar-refractivity contribution is 5.70. The number of benzene rings is 3. The SMILES string of the molecule is O=C(O)Cc1ccccc1.Oc1ccccc1.Oc1ccccc1. The number of rotatable bonds is 2. The lowest BCUT2D eigenvalue weighted by Gasteiger charge is -1.92. The van der Waals surface area contributed by atoms with Crippen LogP contribution >= 0.6 is 0 Å². The summed E-state index contributed by atoms with van der Waals surface area (Å²) in [6.45, 7) is 0. The van der Waals surface area contributed by atoms with Crippen LogP contribution in [0, 0.1) is 0 Å². The molecule has 3 aromatic rings. The third kappa shape index (κ3) is 9.63. The highest BCUT2D eigenvalue weighted by atomic mass is 16.4. The number of carbonyl (C=O) groups is 1. The molecule has 0 amide bonds. The maximum absolute atomic E-state index is 10.2. The van der Waals surface area contributed by atoms with Crippen molar-refractivity contribution in [1.82, 2.24) is 0 Å². The first kappa shape index (κ1) is 18.8. The summed E-state index contributed by atoms with van der Waals surface area (Å²) in [7, 11) is 0. The molecule has 0 atom stereocenters. The van der Waals surface area contributed by atoms with Gasteiger partial charge in [0.15, 0.2) is 0 Å². The Morgan fingerprint density at radius 3 is 1.21 bits per heavy atom. The fourth-order valence-electron chi connectivity index (χ4n) is 1.63. The van der Waals surface area contributed by atoms with Crippen LogP contribution in [0.5, 0.6) is 11.5 Å². The van der Waals surface area contributed by atoms with Crippen molar-refractivity contribution in [2.24, 2.45) is 0 Å². The summed E-state index contributed by atoms with van der Waals surface area (Å²) in [5, 5.41) is 25.6. The normalized spacial score (nSPS) is 8.83. The molecule has 124 valence electrons. The van der Waals surface area contributed by atoms with Gasteiger partial charge in [0.25, 0.3) is 0 Å². The van der Waals surface area contributed by atoms with Gasteiger partial charge in [0.05, 0.1) is 6.42 Å². The van der Waals surface area contributed by atoms with E-state index in [1.165, 1.54) is 0 Å². The van der Waals surface area contributed by atoms with Gasteiger partial charge in [-0.1, -0.05) is 66.7 Å². The minimum absolute atomic E-state index is 0.112. The Bertz CT molecular complexity index is 645. The van der Waals surface area contributed by atoms with Crippen LogP contribution in [0.4, 0.5) is 0 Å². The van der Waals surface area contributed by atoms with Crippen molar-refractivity contribution in [3.8, 4) is 11.5 Å². The summed E-state index contributed by atoms with van der Waals surface area (Å²) in [6.07, 6.45) is 0.112. The zero-order chi connectivity index (χ0) is 17.6. The standard InChI is InChI=1S/C8H8O2.2C6H6O/c9-8(10)6-7-4-2-1-3-5-7;2*7-6-4-2-1-3-5-6/h1-5H,6H2,(H,9,10);2*1-5,7H. The van der Waals surface area contributed by atoms with Crippen LogP contribution in [0.1, 0.15) is 5.56 Å². The van der Waals surface area contributed by atoms with Gasteiger partial charge in [0, 0.05) is 0 Å². The molecule has 0 heterocycles. The number of phenols is 2. The Balaban J connectivity index is 0.000000185. The quantitative estimate of drug-likeness (QED) is 0.663. The van der Waals surface area contributed by atoms with Gasteiger partial charge >= 0.3 is 5.97 Å². The zero-order valence-electron chi connectivity index (χ0n) is 13.1. The topological polar surface area (TPSA) is 77.8 Å². The predicted octanol–water partition coefficient (Wildman–Crippen LogP) is 4.10. The molecule has 0 spiro atoms. The molecule has 3 aromatic carbocycles. The number of phenolic OH excluding ortho intramolecular Hbond substituents is 2. The fraction of sp³-hybridized carbons (Fsp3) is 0.0500. The largest absolute Gasteiger partial charge is 0.508 e. The molecule has 0 aliphatic rings. The van der Waals surface area contributed by atoms with E-state index in [1.54, 1.807) is 60.7 Å². The van der Waals surface area contributed by atoms with E-state index in [4.69, 9.17) is 15.3 Å². The van der Waals surface area contributed by atoms with Crippen LogP contribution < -0.4 is 0 Å². The lowest BCUT2D eigenvalue weighted by Crippen LogP contribution is -1.98. The number of para-hydroxylation sites is 2. The Morgan fingerprint density at radius 1 is 0.625 bits per heavy atom. The molecule has 0 bridgehead atoms. The number of carboxylic acid groups (broad SMARTS) is 1. The first-order valence-corrected chi connectivity index (χ1v) is 7.31. The van der Waals surface area contributed by atoms with Crippen molar-refractivity contribution >= 4 is 5.97 Å². The minimum Gasteiger partial charge on any atom is -0.508 e. The van der Waals surface area contributed by atoms with Crippen molar-refractivity contribution in [2.75, 3.05) is 0 Å². The second-order valence-corrected chi connectivity index (χ2v) is 4.73. The third-order valence-electron chi connectivity index (χ3n) is 2.71. The predicted molar refractivity (Wildman–Crippen MR) is 94.0 cm³/mol. The van der Waals surface area contributed by atoms with Crippen LogP contribution in [0.15, 0.2) is 91.0 Å². The summed E-state index contributed by atoms with van der Waals surface area (Å²) >= 11 is 0. The van der Waals surface area contributed by atoms with Crippen LogP contribution in [0.2, 0.25) is 0 Å². The van der Waals surface area contributed by atoms with Crippen LogP contribution in [0.25, 0.3) is 0 Å². The van der Waals surface area contributed by atoms with Gasteiger partial charge in [-0.15, -0.1) is 0 Å². The van der Waals surface area contributed by atoms with E-state index in [0.717, 1.165) is 5.56 Å². The molecular weight excluding hydrogens is 304 g/mol. The van der Waals surface area contributed by atoms with Crippen LogP contribution in [-0.2, 0) is 11.2 Å². The Kier molecular flexibility index (Phi) is 8.86. The zero-order valence-corrected chi connectivity index (χ0v) is 13.1. The Hall–Kier alpha value is -3.27. The van der Waals surface area contributed by atoms with Crippen LogP contribution in [-0.4, -0.2) is 21.3 Å². The van der Waals surface area contributed by atoms with E-state index in [1.807, 2.05) is 30.3 Å². The lowest BCUT2D eigenvalue weighted by molar-refractivity contribution is -0.136. The molecule has 24 heavy (non-hydrogen) atoms. The number of carboxylic acids is 1. The smallest absolute Gasteiger partial charge is 0.307 e. The van der Waals surface area contributed by atoms with Crippen molar-refractivity contribution in [2.45, 2.75) is 6.42 Å². The lowest BCUT2D eigenvalue weighted by atomic mass is 10.2. The molecule has 4 heteroatoms. The first-order valence-electron chi connectivity index (χ1n) is 7.31. The van der Waals surface area contributed by atoms with Gasteiger partial charge in [-0.2, -0.15) is 0 Å². The molecule has 0 aromatic heterocycles. The van der Waals surface area contributed by atoms with Crippen molar-refractivity contribution < 1.29 is 20.1 Å². The van der Waals surface area contributed by atoms with E-state index in [0.29, 0.717) is 11.5 Å². The highest BCUT2D eigenvalue weighted by Gasteiger charge is 1.96. The summed E-state index contributed by atoms with van der Waals surface area (Å²) in [5.74, 6) is -0.142. The van der Waals surface area contributed by atoms with Crippen molar-refractivity contribution in [3.05, 3.63) is 96.6 Å². The van der Waals surface area contributed by atoms with Gasteiger partial charge in [0.2, 0.25) is 0 Å².